The highest BCUT2D eigenvalue weighted by Crippen LogP contribution is 2.22. The van der Waals surface area contributed by atoms with E-state index in [1.807, 2.05) is 0 Å². The summed E-state index contributed by atoms with van der Waals surface area (Å²) in [5, 5.41) is 1.35. The van der Waals surface area contributed by atoms with E-state index in [1.54, 1.807) is 11.1 Å². The Morgan fingerprint density at radius 3 is 2.43 bits per heavy atom. The molecule has 0 saturated carbocycles. The second kappa shape index (κ2) is 6.65. The van der Waals surface area contributed by atoms with E-state index in [4.69, 9.17) is 0 Å². The molecule has 0 fully saturated rings. The van der Waals surface area contributed by atoms with Crippen LogP contribution in [0.4, 0.5) is 0 Å². The molecule has 0 amide bonds. The van der Waals surface area contributed by atoms with E-state index >= 15 is 0 Å². The molecule has 0 aromatic carbocycles. The average Bonchev–Trinajstić information content (AvgIpc) is 2.53. The molecule has 78 valence electrons. The van der Waals surface area contributed by atoms with Gasteiger partial charge in [-0.15, -0.1) is 8.19 Å². The topological polar surface area (TPSA) is 0 Å². The molecule has 0 aliphatic heterocycles. The average molecular weight is 226 g/mol. The van der Waals surface area contributed by atoms with Crippen molar-refractivity contribution in [1.82, 2.24) is 0 Å². The summed E-state index contributed by atoms with van der Waals surface area (Å²) >= 11 is 0. The third-order valence-corrected chi connectivity index (χ3v) is 4.36. The fourth-order valence-electron chi connectivity index (χ4n) is 1.70. The lowest BCUT2D eigenvalue weighted by atomic mass is 10.0. The van der Waals surface area contributed by atoms with Crippen LogP contribution in [0.2, 0.25) is 0 Å². The first-order valence-electron chi connectivity index (χ1n) is 5.67. The van der Waals surface area contributed by atoms with Crippen molar-refractivity contribution in [3.8, 4) is 0 Å². The molecule has 0 aliphatic rings. The molecule has 14 heavy (non-hydrogen) atoms. The molecule has 1 rings (SSSR count). The summed E-state index contributed by atoms with van der Waals surface area (Å²) in [4.78, 5) is 0. The normalized spacial score (nSPS) is 11.4. The Labute approximate surface area is 92.2 Å². The predicted octanol–water partition coefficient (Wildman–Crippen LogP) is 4.44. The number of hydrogen-bond acceptors (Lipinski definition) is 0. The van der Waals surface area contributed by atoms with Gasteiger partial charge in [0.25, 0.3) is 0 Å². The fraction of sp³-hybridized carbons (Fsp3) is 0.667. The van der Waals surface area contributed by atoms with Crippen LogP contribution in [0.3, 0.4) is 0 Å². The molecule has 0 bridgehead atoms. The first-order chi connectivity index (χ1) is 6.79. The molecule has 2 radical (unpaired) electrons. The molecule has 1 unspecified atom stereocenters. The van der Waals surface area contributed by atoms with E-state index in [9.17, 15) is 0 Å². The SMILES string of the molecule is CCCCc1c[pH]c([P])c1CCCC. The van der Waals surface area contributed by atoms with Gasteiger partial charge < -0.3 is 0 Å². The van der Waals surface area contributed by atoms with E-state index in [0.717, 1.165) is 8.19 Å². The van der Waals surface area contributed by atoms with E-state index in [-0.39, 0.29) is 0 Å². The molecule has 1 aromatic heterocycles. The third-order valence-electron chi connectivity index (χ3n) is 2.64. The van der Waals surface area contributed by atoms with Crippen LogP contribution in [0.5, 0.6) is 0 Å². The van der Waals surface area contributed by atoms with Crippen LogP contribution in [0, 0.1) is 0 Å². The molecule has 2 heteroatoms. The first kappa shape index (κ1) is 12.3. The quantitative estimate of drug-likeness (QED) is 0.629. The summed E-state index contributed by atoms with van der Waals surface area (Å²) in [6.07, 6.45) is 7.74. The molecule has 0 nitrogen and oxygen atoms in total. The van der Waals surface area contributed by atoms with Gasteiger partial charge >= 0.3 is 0 Å². The maximum Gasteiger partial charge on any atom is 0.00577 e. The third kappa shape index (κ3) is 3.41. The Hall–Kier alpha value is 0.210. The van der Waals surface area contributed by atoms with Crippen molar-refractivity contribution in [2.45, 2.75) is 52.4 Å². The van der Waals surface area contributed by atoms with Gasteiger partial charge in [-0.25, -0.2) is 0 Å². The summed E-state index contributed by atoms with van der Waals surface area (Å²) in [5.74, 6) is 2.41. The zero-order valence-corrected chi connectivity index (χ0v) is 11.2. The molecular weight excluding hydrogens is 206 g/mol. The molecule has 1 aromatic rings. The van der Waals surface area contributed by atoms with E-state index in [0.29, 0.717) is 0 Å². The molecule has 0 N–H and O–H groups in total. The first-order valence-corrected chi connectivity index (χ1v) is 7.20. The lowest BCUT2D eigenvalue weighted by Gasteiger charge is -2.04. The Morgan fingerprint density at radius 1 is 1.14 bits per heavy atom. The summed E-state index contributed by atoms with van der Waals surface area (Å²) in [6, 6.07) is 0. The van der Waals surface area contributed by atoms with Crippen molar-refractivity contribution in [1.29, 1.82) is 0 Å². The summed E-state index contributed by atoms with van der Waals surface area (Å²) in [5.41, 5.74) is 3.17. The van der Waals surface area contributed by atoms with Gasteiger partial charge in [0.15, 0.2) is 0 Å². The van der Waals surface area contributed by atoms with E-state index < -0.39 is 0 Å². The van der Waals surface area contributed by atoms with Crippen molar-refractivity contribution in [2.24, 2.45) is 0 Å². The van der Waals surface area contributed by atoms with Crippen LogP contribution >= 0.6 is 17.4 Å². The fourth-order valence-corrected chi connectivity index (χ4v) is 3.24. The second-order valence-corrected chi connectivity index (χ2v) is 5.79. The van der Waals surface area contributed by atoms with Gasteiger partial charge in [-0.2, -0.15) is 0 Å². The highest BCUT2D eigenvalue weighted by atomic mass is 31.1. The Balaban J connectivity index is 2.62. The lowest BCUT2D eigenvalue weighted by molar-refractivity contribution is 0.764. The molecule has 1 heterocycles. The molecular formula is C12H20P2. The van der Waals surface area contributed by atoms with Gasteiger partial charge in [-0.3, -0.25) is 0 Å². The minimum atomic E-state index is 0.847. The molecule has 0 aliphatic carbocycles. The van der Waals surface area contributed by atoms with Gasteiger partial charge in [-0.05, 0) is 51.8 Å². The number of rotatable bonds is 6. The van der Waals surface area contributed by atoms with Gasteiger partial charge in [0.05, 0.1) is 0 Å². The van der Waals surface area contributed by atoms with Crippen LogP contribution in [0.25, 0.3) is 0 Å². The number of hydrogen-bond donors (Lipinski definition) is 0. The van der Waals surface area contributed by atoms with Crippen LogP contribution in [-0.2, 0) is 12.8 Å². The van der Waals surface area contributed by atoms with Crippen molar-refractivity contribution in [3.63, 3.8) is 0 Å². The summed E-state index contributed by atoms with van der Waals surface area (Å²) in [6.45, 7) is 4.51. The minimum absolute atomic E-state index is 0.847. The van der Waals surface area contributed by atoms with Crippen LogP contribution in [-0.4, -0.2) is 0 Å². The van der Waals surface area contributed by atoms with E-state index in [1.165, 1.54) is 43.6 Å². The van der Waals surface area contributed by atoms with Crippen molar-refractivity contribution in [2.75, 3.05) is 0 Å². The molecule has 0 spiro atoms. The Kier molecular flexibility index (Phi) is 5.83. The summed E-state index contributed by atoms with van der Waals surface area (Å²) in [7, 11) is 5.43. The second-order valence-electron chi connectivity index (χ2n) is 3.85. The number of aryl methyl sites for hydroxylation is 1. The zero-order valence-electron chi connectivity index (χ0n) is 9.27. The highest BCUT2D eigenvalue weighted by molar-refractivity contribution is 7.51. The Morgan fingerprint density at radius 2 is 1.79 bits per heavy atom. The predicted molar refractivity (Wildman–Crippen MR) is 69.7 cm³/mol. The van der Waals surface area contributed by atoms with Gasteiger partial charge in [0.2, 0.25) is 0 Å². The van der Waals surface area contributed by atoms with Crippen LogP contribution in [0.15, 0.2) is 5.80 Å². The molecule has 0 saturated heterocycles. The monoisotopic (exact) mass is 226 g/mol. The smallest absolute Gasteiger partial charge is 0.00577 e. The largest absolute Gasteiger partial charge is 0.130 e. The standard InChI is InChI=1S/C12H20P2/c1-3-5-7-10-9-14-12(13)11(10)8-6-4-2/h9,14H,3-8H2,1-2H3. The van der Waals surface area contributed by atoms with Gasteiger partial charge in [-0.1, -0.05) is 26.7 Å². The summed E-state index contributed by atoms with van der Waals surface area (Å²) < 4.78 is 0. The molecule has 1 atom stereocenters. The minimum Gasteiger partial charge on any atom is -0.130 e. The zero-order chi connectivity index (χ0) is 10.4. The van der Waals surface area contributed by atoms with Gasteiger partial charge in [0, 0.05) is 5.04 Å². The van der Waals surface area contributed by atoms with E-state index in [2.05, 4.69) is 28.9 Å². The van der Waals surface area contributed by atoms with Crippen molar-refractivity contribution >= 4 is 22.5 Å². The van der Waals surface area contributed by atoms with Crippen LogP contribution in [0.1, 0.15) is 50.7 Å². The maximum atomic E-state index is 4.58. The van der Waals surface area contributed by atoms with Crippen LogP contribution < -0.4 is 5.04 Å². The van der Waals surface area contributed by atoms with Gasteiger partial charge in [0.1, 0.15) is 0 Å². The lowest BCUT2D eigenvalue weighted by Crippen LogP contribution is -1.98. The highest BCUT2D eigenvalue weighted by Gasteiger charge is 2.06. The van der Waals surface area contributed by atoms with Crippen molar-refractivity contribution in [3.05, 3.63) is 16.9 Å². The van der Waals surface area contributed by atoms with Crippen molar-refractivity contribution < 1.29 is 0 Å². The maximum absolute atomic E-state index is 4.58. The number of unbranched alkanes of at least 4 members (excludes halogenated alkanes) is 2. The Bertz CT molecular complexity index is 263.